The van der Waals surface area contributed by atoms with Gasteiger partial charge in [0.2, 0.25) is 11.9 Å². The van der Waals surface area contributed by atoms with Gasteiger partial charge in [0.1, 0.15) is 23.4 Å². The van der Waals surface area contributed by atoms with Crippen molar-refractivity contribution in [1.82, 2.24) is 40.5 Å². The smallest absolute Gasteiger partial charge is 0.326 e. The van der Waals surface area contributed by atoms with Crippen LogP contribution in [-0.4, -0.2) is 244 Å². The standard InChI is InChI=1S/2C20H21N5O6.4Na.5H2O/c2*21-20-24-16-15(18(29)25-20)12(9-22-16)6-3-10-1-4-11(5-2-10)17(28)23-13(19(30)31)7-8-14(26)27;;;;;;;;;/h2*1-2,4-5,9,13H,3,6-8H2,(H,23,28)(H,26,27)(H,30,31)(H4,21,22,24,25,29);;;;;5*1H2/t2*13-;;;;;;;;;/m00........./s1. The predicted molar refractivity (Wildman–Crippen MR) is 263 cm³/mol. The Bertz CT molecular complexity index is 2580. The minimum Gasteiger partial charge on any atom is -0.481 e. The number of carboxylic acids is 4. The Labute approximate surface area is 489 Å². The van der Waals surface area contributed by atoms with Crippen LogP contribution in [0.1, 0.15) is 68.7 Å². The van der Waals surface area contributed by atoms with Gasteiger partial charge in [-0.2, -0.15) is 9.97 Å². The monoisotopic (exact) mass is 1040 g/mol. The van der Waals surface area contributed by atoms with Crippen molar-refractivity contribution in [2.24, 2.45) is 0 Å². The summed E-state index contributed by atoms with van der Waals surface area (Å²) < 4.78 is 0. The summed E-state index contributed by atoms with van der Waals surface area (Å²) in [5.74, 6) is -6.00. The number of nitrogens with one attached hydrogen (secondary N) is 6. The number of fused-ring (bicyclic) bond motifs is 2. The number of carbonyl (C=O) groups is 6. The van der Waals surface area contributed by atoms with E-state index in [4.69, 9.17) is 31.9 Å². The van der Waals surface area contributed by atoms with Gasteiger partial charge in [-0.25, -0.2) is 9.59 Å². The number of nitrogens with zero attached hydrogens (tertiary/aromatic N) is 2. The van der Waals surface area contributed by atoms with Gasteiger partial charge in [0.15, 0.2) is 0 Å². The number of aryl methyl sites for hydroxylation is 4. The second-order valence-corrected chi connectivity index (χ2v) is 14.0. The molecule has 27 nitrogen and oxygen atoms in total. The van der Waals surface area contributed by atoms with Crippen molar-refractivity contribution in [2.75, 3.05) is 11.5 Å². The first-order valence-electron chi connectivity index (χ1n) is 18.9. The Morgan fingerprint density at radius 1 is 0.521 bits per heavy atom. The van der Waals surface area contributed by atoms with E-state index in [1.54, 1.807) is 60.9 Å². The third kappa shape index (κ3) is 22.0. The summed E-state index contributed by atoms with van der Waals surface area (Å²) in [5.41, 5.74) is 15.2. The molecule has 31 heteroatoms. The van der Waals surface area contributed by atoms with Crippen molar-refractivity contribution in [3.8, 4) is 0 Å². The Morgan fingerprint density at radius 3 is 1.11 bits per heavy atom. The van der Waals surface area contributed by atoms with E-state index in [1.807, 2.05) is 0 Å². The molecule has 6 aromatic rings. The maximum absolute atomic E-state index is 12.3. The van der Waals surface area contributed by atoms with Crippen LogP contribution >= 0.6 is 0 Å². The number of anilines is 2. The van der Waals surface area contributed by atoms with E-state index in [2.05, 4.69) is 40.5 Å². The number of aliphatic carboxylic acids is 4. The number of carboxylic acid groups (broad SMARTS) is 4. The topological polar surface area (TPSA) is 540 Å². The molecule has 71 heavy (non-hydrogen) atoms. The van der Waals surface area contributed by atoms with Crippen molar-refractivity contribution in [3.05, 3.63) is 115 Å². The number of benzene rings is 2. The molecule has 2 amide bonds. The van der Waals surface area contributed by atoms with E-state index >= 15 is 0 Å². The fourth-order valence-corrected chi connectivity index (χ4v) is 6.37. The Hall–Kier alpha value is -4.50. The van der Waals surface area contributed by atoms with Gasteiger partial charge in [-0.1, -0.05) is 24.3 Å². The number of hydrogen-bond donors (Lipinski definition) is 12. The van der Waals surface area contributed by atoms with E-state index < -0.39 is 47.8 Å². The predicted octanol–water partition coefficient (Wildman–Crippen LogP) is -4.31. The number of hydrogen-bond acceptors (Lipinski definition) is 12. The quantitative estimate of drug-likeness (QED) is 0.0362. The summed E-state index contributed by atoms with van der Waals surface area (Å²) in [7, 11) is 0. The van der Waals surface area contributed by atoms with Crippen molar-refractivity contribution < 1.29 is 76.6 Å². The summed E-state index contributed by atoms with van der Waals surface area (Å²) in [4.78, 5) is 111. The molecule has 0 aliphatic rings. The van der Waals surface area contributed by atoms with Crippen molar-refractivity contribution >= 4 is 188 Å². The van der Waals surface area contributed by atoms with Gasteiger partial charge >= 0.3 is 23.9 Å². The molecule has 0 aliphatic carbocycles. The van der Waals surface area contributed by atoms with Crippen LogP contribution < -0.4 is 33.2 Å². The molecule has 2 atom stereocenters. The minimum atomic E-state index is -1.30. The Balaban J connectivity index is -0.000000363. The summed E-state index contributed by atoms with van der Waals surface area (Å²) in [5, 5.41) is 41.3. The maximum atomic E-state index is 12.3. The SMILES string of the molecule is Nc1nc2[nH]cc(CCc3ccc(C(=O)N[C@@H](CCC(=O)O)C(=O)O)cc3)c2c(=O)[nH]1.Nc1nc2[nH]cc(CCc3ccc(C(=O)N[C@@H](CCC(=O)O)C(=O)O)cc3)c2c(=O)[nH]1.O.O.O.O.O.[Na].[Na].[Na].[Na]. The van der Waals surface area contributed by atoms with E-state index in [0.717, 1.165) is 22.3 Å². The van der Waals surface area contributed by atoms with Gasteiger partial charge in [0.25, 0.3) is 22.9 Å². The van der Waals surface area contributed by atoms with Crippen LogP contribution in [0.2, 0.25) is 0 Å². The number of aromatic nitrogens is 6. The molecule has 368 valence electrons. The molecule has 4 radical (unpaired) electrons. The van der Waals surface area contributed by atoms with Crippen LogP contribution in [-0.2, 0) is 44.9 Å². The van der Waals surface area contributed by atoms with E-state index in [-0.39, 0.29) is 205 Å². The molecule has 0 spiro atoms. The van der Waals surface area contributed by atoms with Gasteiger partial charge in [-0.3, -0.25) is 38.7 Å². The second kappa shape index (κ2) is 35.6. The first kappa shape index (κ1) is 75.4. The molecule has 2 aromatic carbocycles. The molecule has 6 rings (SSSR count). The van der Waals surface area contributed by atoms with Crippen LogP contribution in [0, 0.1) is 0 Å². The van der Waals surface area contributed by atoms with Gasteiger partial charge in [-0.15, -0.1) is 0 Å². The van der Waals surface area contributed by atoms with Crippen LogP contribution in [0.3, 0.4) is 0 Å². The summed E-state index contributed by atoms with van der Waals surface area (Å²) >= 11 is 0. The number of amides is 2. The van der Waals surface area contributed by atoms with Crippen molar-refractivity contribution in [1.29, 1.82) is 0 Å². The molecule has 4 aromatic heterocycles. The van der Waals surface area contributed by atoms with Gasteiger partial charge in [0, 0.05) is 155 Å². The molecule has 0 aliphatic heterocycles. The molecule has 0 saturated carbocycles. The third-order valence-corrected chi connectivity index (χ3v) is 9.58. The van der Waals surface area contributed by atoms with E-state index in [1.165, 1.54) is 0 Å². The van der Waals surface area contributed by atoms with Gasteiger partial charge in [0.05, 0.1) is 10.8 Å². The summed E-state index contributed by atoms with van der Waals surface area (Å²) in [6.45, 7) is 0. The number of H-pyrrole nitrogens is 4. The molecule has 0 fully saturated rings. The van der Waals surface area contributed by atoms with E-state index in [0.29, 0.717) is 47.8 Å². The van der Waals surface area contributed by atoms with Crippen LogP contribution in [0.5, 0.6) is 0 Å². The Kier molecular flexibility index (Phi) is 37.8. The molecule has 0 bridgehead atoms. The molecule has 4 heterocycles. The normalized spacial score (nSPS) is 10.4. The van der Waals surface area contributed by atoms with Gasteiger partial charge in [-0.05, 0) is 85.0 Å². The van der Waals surface area contributed by atoms with Crippen molar-refractivity contribution in [2.45, 2.75) is 63.5 Å². The van der Waals surface area contributed by atoms with Crippen LogP contribution in [0.4, 0.5) is 11.9 Å². The molecular formula is C40H52N10Na4O17. The first-order valence-corrected chi connectivity index (χ1v) is 18.9. The van der Waals surface area contributed by atoms with Crippen LogP contribution in [0.15, 0.2) is 70.5 Å². The van der Waals surface area contributed by atoms with Gasteiger partial charge < -0.3 is 79.9 Å². The largest absolute Gasteiger partial charge is 0.481 e. The second-order valence-electron chi connectivity index (χ2n) is 14.0. The van der Waals surface area contributed by atoms with Crippen LogP contribution in [0.25, 0.3) is 22.1 Å². The average Bonchev–Trinajstić information content (AvgIpc) is 3.83. The summed E-state index contributed by atoms with van der Waals surface area (Å²) in [6, 6.07) is 10.6. The molecular weight excluding hydrogens is 984 g/mol. The number of carbonyl (C=O) groups excluding carboxylic acids is 2. The fraction of sp³-hybridized carbons (Fsp3) is 0.250. The number of nitrogen functional groups attached to an aromatic ring is 2. The third-order valence-electron chi connectivity index (χ3n) is 9.58. The zero-order chi connectivity index (χ0) is 45.1. The number of rotatable bonds is 18. The molecule has 0 unspecified atom stereocenters. The summed E-state index contributed by atoms with van der Waals surface area (Å²) in [6.07, 6.45) is 4.55. The average molecular weight is 1040 g/mol. The molecule has 24 N–H and O–H groups in total. The Morgan fingerprint density at radius 2 is 0.831 bits per heavy atom. The zero-order valence-electron chi connectivity index (χ0n) is 39.2. The fourth-order valence-electron chi connectivity index (χ4n) is 6.37. The van der Waals surface area contributed by atoms with Crippen molar-refractivity contribution in [3.63, 3.8) is 0 Å². The first-order chi connectivity index (χ1) is 29.5. The maximum Gasteiger partial charge on any atom is 0.326 e. The van der Waals surface area contributed by atoms with E-state index in [9.17, 15) is 38.4 Å². The zero-order valence-corrected chi connectivity index (χ0v) is 47.2. The minimum absolute atomic E-state index is 0. The molecule has 0 saturated heterocycles. The number of nitrogens with two attached hydrogens (primary N) is 2. The number of aromatic amines is 4.